The molecule has 0 amide bonds. The average molecular weight is 276 g/mol. The van der Waals surface area contributed by atoms with Crippen LogP contribution in [0.15, 0.2) is 23.6 Å². The van der Waals surface area contributed by atoms with Crippen LogP contribution < -0.4 is 5.32 Å². The van der Waals surface area contributed by atoms with Crippen molar-refractivity contribution >= 4 is 11.8 Å². The number of hydrogen-bond acceptors (Lipinski definition) is 5. The third kappa shape index (κ3) is 3.46. The highest BCUT2D eigenvalue weighted by molar-refractivity contribution is 7.99. The third-order valence-electron chi connectivity index (χ3n) is 3.75. The van der Waals surface area contributed by atoms with Crippen molar-refractivity contribution in [3.05, 3.63) is 18.5 Å². The summed E-state index contributed by atoms with van der Waals surface area (Å²) in [5, 5.41) is 13.7. The van der Waals surface area contributed by atoms with E-state index in [-0.39, 0.29) is 5.54 Å². The van der Waals surface area contributed by atoms with Crippen molar-refractivity contribution in [2.75, 3.05) is 12.3 Å². The van der Waals surface area contributed by atoms with Gasteiger partial charge in [0.25, 0.3) is 0 Å². The van der Waals surface area contributed by atoms with Gasteiger partial charge in [-0.1, -0.05) is 25.1 Å². The number of nitrogens with one attached hydrogen (secondary N) is 1. The summed E-state index contributed by atoms with van der Waals surface area (Å²) in [6.07, 6.45) is 7.86. The fourth-order valence-electron chi connectivity index (χ4n) is 2.86. The number of thioether (sulfide) groups is 1. The molecule has 2 rings (SSSR count). The molecule has 0 bridgehead atoms. The second-order valence-corrected chi connectivity index (χ2v) is 5.93. The van der Waals surface area contributed by atoms with Gasteiger partial charge in [0.05, 0.1) is 6.07 Å². The normalized spacial score (nSPS) is 26.2. The van der Waals surface area contributed by atoms with Crippen molar-refractivity contribution in [2.45, 2.75) is 43.3 Å². The lowest BCUT2D eigenvalue weighted by Crippen LogP contribution is -2.47. The monoisotopic (exact) mass is 276 g/mol. The second kappa shape index (κ2) is 6.88. The Bertz CT molecular complexity index is 431. The van der Waals surface area contributed by atoms with Crippen molar-refractivity contribution in [3.8, 4) is 6.07 Å². The first-order valence-electron chi connectivity index (χ1n) is 6.87. The Hall–Kier alpha value is -1.12. The Morgan fingerprint density at radius 2 is 2.32 bits per heavy atom. The maximum absolute atomic E-state index is 9.49. The molecule has 1 aromatic rings. The van der Waals surface area contributed by atoms with Crippen LogP contribution in [0.4, 0.5) is 0 Å². The number of nitrogens with zero attached hydrogens (tertiary/aromatic N) is 3. The number of nitriles is 1. The lowest BCUT2D eigenvalue weighted by molar-refractivity contribution is 0.317. The summed E-state index contributed by atoms with van der Waals surface area (Å²) in [5.74, 6) is 1.43. The maximum Gasteiger partial charge on any atom is 0.187 e. The second-order valence-electron chi connectivity index (χ2n) is 4.87. The first-order valence-corrected chi connectivity index (χ1v) is 7.85. The van der Waals surface area contributed by atoms with Crippen molar-refractivity contribution in [3.63, 3.8) is 0 Å². The first kappa shape index (κ1) is 14.3. The van der Waals surface area contributed by atoms with Gasteiger partial charge in [-0.05, 0) is 37.8 Å². The third-order valence-corrected chi connectivity index (χ3v) is 4.66. The van der Waals surface area contributed by atoms with E-state index in [4.69, 9.17) is 0 Å². The van der Waals surface area contributed by atoms with Crippen LogP contribution in [0, 0.1) is 17.2 Å². The largest absolute Gasteiger partial charge is 0.299 e. The number of hydrogen-bond donors (Lipinski definition) is 1. The molecule has 2 atom stereocenters. The van der Waals surface area contributed by atoms with Gasteiger partial charge < -0.3 is 0 Å². The van der Waals surface area contributed by atoms with Crippen LogP contribution in [0.3, 0.4) is 0 Å². The Kier molecular flexibility index (Phi) is 5.17. The predicted octanol–water partition coefficient (Wildman–Crippen LogP) is 2.63. The summed E-state index contributed by atoms with van der Waals surface area (Å²) < 4.78 is 0. The van der Waals surface area contributed by atoms with E-state index < -0.39 is 0 Å². The molecular weight excluding hydrogens is 256 g/mol. The molecule has 2 unspecified atom stereocenters. The number of aromatic nitrogens is 2. The molecular formula is C14H20N4S. The Labute approximate surface area is 119 Å². The summed E-state index contributed by atoms with van der Waals surface area (Å²) in [7, 11) is 0. The Balaban J connectivity index is 1.87. The van der Waals surface area contributed by atoms with E-state index in [2.05, 4.69) is 28.3 Å². The molecule has 5 heteroatoms. The molecule has 0 aliphatic heterocycles. The van der Waals surface area contributed by atoms with Crippen LogP contribution in [0.25, 0.3) is 0 Å². The van der Waals surface area contributed by atoms with Gasteiger partial charge in [-0.25, -0.2) is 9.97 Å². The molecule has 0 radical (unpaired) electrons. The summed E-state index contributed by atoms with van der Waals surface area (Å²) in [6, 6.07) is 4.35. The van der Waals surface area contributed by atoms with Crippen LogP contribution in [0.2, 0.25) is 0 Å². The average Bonchev–Trinajstić information content (AvgIpc) is 2.84. The van der Waals surface area contributed by atoms with Crippen molar-refractivity contribution < 1.29 is 0 Å². The van der Waals surface area contributed by atoms with Crippen molar-refractivity contribution in [2.24, 2.45) is 5.92 Å². The maximum atomic E-state index is 9.49. The van der Waals surface area contributed by atoms with Gasteiger partial charge in [-0.15, -0.1) is 0 Å². The highest BCUT2D eigenvalue weighted by atomic mass is 32.2. The molecule has 1 N–H and O–H groups in total. The molecule has 102 valence electrons. The fraction of sp³-hybridized carbons (Fsp3) is 0.643. The standard InChI is InChI=1S/C14H20N4S/c1-2-18-14(11-15)7-3-5-12(14)6-10-19-13-16-8-4-9-17-13/h4,8-9,12,18H,2-3,5-7,10H2,1H3. The molecule has 19 heavy (non-hydrogen) atoms. The highest BCUT2D eigenvalue weighted by Gasteiger charge is 2.41. The van der Waals surface area contributed by atoms with Crippen LogP contribution >= 0.6 is 11.8 Å². The molecule has 1 saturated carbocycles. The minimum Gasteiger partial charge on any atom is -0.299 e. The lowest BCUT2D eigenvalue weighted by Gasteiger charge is -2.29. The zero-order valence-electron chi connectivity index (χ0n) is 11.3. The fourth-order valence-corrected chi connectivity index (χ4v) is 3.71. The van der Waals surface area contributed by atoms with Gasteiger partial charge in [0.2, 0.25) is 0 Å². The molecule has 1 fully saturated rings. The lowest BCUT2D eigenvalue weighted by atomic mass is 9.86. The first-order chi connectivity index (χ1) is 9.30. The molecule has 0 aromatic carbocycles. The molecule has 1 aliphatic rings. The van der Waals surface area contributed by atoms with E-state index in [0.717, 1.165) is 43.1 Å². The summed E-state index contributed by atoms with van der Waals surface area (Å²) in [5.41, 5.74) is -0.299. The van der Waals surface area contributed by atoms with Gasteiger partial charge >= 0.3 is 0 Å². The smallest absolute Gasteiger partial charge is 0.187 e. The summed E-state index contributed by atoms with van der Waals surface area (Å²) in [4.78, 5) is 8.41. The number of rotatable bonds is 6. The minimum atomic E-state index is -0.299. The van der Waals surface area contributed by atoms with Gasteiger partial charge in [0.1, 0.15) is 5.54 Å². The Morgan fingerprint density at radius 1 is 1.53 bits per heavy atom. The summed E-state index contributed by atoms with van der Waals surface area (Å²) >= 11 is 1.68. The topological polar surface area (TPSA) is 61.6 Å². The van der Waals surface area contributed by atoms with E-state index in [0.29, 0.717) is 5.92 Å². The van der Waals surface area contributed by atoms with E-state index in [9.17, 15) is 5.26 Å². The molecule has 4 nitrogen and oxygen atoms in total. The van der Waals surface area contributed by atoms with Crippen LogP contribution in [-0.4, -0.2) is 27.8 Å². The van der Waals surface area contributed by atoms with Crippen LogP contribution in [0.5, 0.6) is 0 Å². The van der Waals surface area contributed by atoms with E-state index >= 15 is 0 Å². The van der Waals surface area contributed by atoms with Crippen molar-refractivity contribution in [1.29, 1.82) is 5.26 Å². The molecule has 1 heterocycles. The van der Waals surface area contributed by atoms with E-state index in [1.165, 1.54) is 0 Å². The van der Waals surface area contributed by atoms with Gasteiger partial charge in [-0.2, -0.15) is 5.26 Å². The zero-order valence-corrected chi connectivity index (χ0v) is 12.1. The van der Waals surface area contributed by atoms with E-state index in [1.54, 1.807) is 24.2 Å². The van der Waals surface area contributed by atoms with Gasteiger partial charge in [0, 0.05) is 18.1 Å². The molecule has 1 aliphatic carbocycles. The summed E-state index contributed by atoms with van der Waals surface area (Å²) in [6.45, 7) is 2.93. The van der Waals surface area contributed by atoms with Crippen molar-refractivity contribution in [1.82, 2.24) is 15.3 Å². The Morgan fingerprint density at radius 3 is 3.00 bits per heavy atom. The molecule has 1 aromatic heterocycles. The minimum absolute atomic E-state index is 0.299. The van der Waals surface area contributed by atoms with Gasteiger partial charge in [0.15, 0.2) is 5.16 Å². The molecule has 0 saturated heterocycles. The molecule has 0 spiro atoms. The predicted molar refractivity (Wildman–Crippen MR) is 76.7 cm³/mol. The van der Waals surface area contributed by atoms with E-state index in [1.807, 2.05) is 6.07 Å². The van der Waals surface area contributed by atoms with Crippen LogP contribution in [-0.2, 0) is 0 Å². The quantitative estimate of drug-likeness (QED) is 0.639. The van der Waals surface area contributed by atoms with Gasteiger partial charge in [-0.3, -0.25) is 5.32 Å². The SMILES string of the molecule is CCNC1(C#N)CCCC1CCSc1ncccn1. The van der Waals surface area contributed by atoms with Crippen LogP contribution in [0.1, 0.15) is 32.6 Å². The zero-order chi connectivity index (χ0) is 13.6. The highest BCUT2D eigenvalue weighted by Crippen LogP contribution is 2.38.